The fourth-order valence-corrected chi connectivity index (χ4v) is 5.83. The summed E-state index contributed by atoms with van der Waals surface area (Å²) in [4.78, 5) is -2.33. The second kappa shape index (κ2) is 9.16. The maximum atomic E-state index is 15.6. The predicted octanol–water partition coefficient (Wildman–Crippen LogP) is 8.15. The lowest BCUT2D eigenvalue weighted by atomic mass is 9.98. The van der Waals surface area contributed by atoms with E-state index in [1.807, 2.05) is 116 Å². The van der Waals surface area contributed by atoms with Gasteiger partial charge in [0.1, 0.15) is 5.12 Å². The molecule has 2 unspecified atom stereocenters. The second-order valence-corrected chi connectivity index (χ2v) is 10.7. The highest BCUT2D eigenvalue weighted by Gasteiger charge is 2.79. The number of rotatable bonds is 5. The lowest BCUT2D eigenvalue weighted by Crippen LogP contribution is -2.38. The van der Waals surface area contributed by atoms with E-state index in [9.17, 15) is 0 Å². The highest BCUT2D eigenvalue weighted by atomic mass is 17.0. The van der Waals surface area contributed by atoms with E-state index in [2.05, 4.69) is 12.1 Å². The molecule has 5 rings (SSSR count). The molecule has 0 aliphatic carbocycles. The van der Waals surface area contributed by atoms with Crippen molar-refractivity contribution >= 4 is 11.4 Å². The highest BCUT2D eigenvalue weighted by Crippen LogP contribution is 2.61. The van der Waals surface area contributed by atoms with E-state index in [1.165, 1.54) is 5.12 Å². The molecule has 4 aromatic rings. The van der Waals surface area contributed by atoms with Crippen LogP contribution in [0.25, 0.3) is 0 Å². The van der Waals surface area contributed by atoms with Gasteiger partial charge in [-0.25, -0.2) is 0 Å². The van der Waals surface area contributed by atoms with Gasteiger partial charge in [-0.3, -0.25) is 0 Å². The van der Waals surface area contributed by atoms with Crippen LogP contribution in [0.15, 0.2) is 72.8 Å². The zero-order valence-corrected chi connectivity index (χ0v) is 23.6. The molecule has 5 nitrogen and oxygen atoms in total. The van der Waals surface area contributed by atoms with Crippen LogP contribution in [0.2, 0.25) is 0 Å². The molecule has 0 amide bonds. The largest absolute Gasteiger partial charge is 0.549 e. The summed E-state index contributed by atoms with van der Waals surface area (Å²) in [5, 5.41) is 32.6. The van der Waals surface area contributed by atoms with Crippen LogP contribution in [0, 0.1) is 71.8 Å². The predicted molar refractivity (Wildman–Crippen MR) is 157 cm³/mol. The van der Waals surface area contributed by atoms with Crippen LogP contribution in [0.5, 0.6) is 0 Å². The van der Waals surface area contributed by atoms with E-state index in [4.69, 9.17) is 0 Å². The van der Waals surface area contributed by atoms with Crippen LogP contribution in [0.1, 0.15) is 55.6 Å². The molecule has 0 bridgehead atoms. The average molecular weight is 507 g/mol. The summed E-state index contributed by atoms with van der Waals surface area (Å²) >= 11 is 0. The summed E-state index contributed by atoms with van der Waals surface area (Å²) in [5.41, 5.74) is 10.1. The third kappa shape index (κ3) is 3.58. The minimum absolute atomic E-state index is 0.514. The fourth-order valence-electron chi connectivity index (χ4n) is 5.83. The van der Waals surface area contributed by atoms with Gasteiger partial charge in [0, 0.05) is 22.3 Å². The number of hydrogen-bond donors (Lipinski definition) is 0. The number of nitrogens with zero attached hydrogens (tertiary/aromatic N) is 3. The zero-order chi connectivity index (χ0) is 27.6. The van der Waals surface area contributed by atoms with Crippen molar-refractivity contribution < 1.29 is 0 Å². The minimum atomic E-state index is -1.16. The molecular formula is C33H36N3O2. The maximum Gasteiger partial charge on any atom is 0.223 e. The van der Waals surface area contributed by atoms with Gasteiger partial charge >= 0.3 is 0 Å². The first-order chi connectivity index (χ1) is 18.0. The van der Waals surface area contributed by atoms with E-state index in [-0.39, 0.29) is 0 Å². The first kappa shape index (κ1) is 26.3. The molecule has 1 aliphatic rings. The van der Waals surface area contributed by atoms with Gasteiger partial charge in [-0.1, -0.05) is 72.8 Å². The van der Waals surface area contributed by atoms with Gasteiger partial charge in [-0.2, -0.15) is 0 Å². The molecule has 195 valence electrons. The number of benzene rings is 4. The van der Waals surface area contributed by atoms with Crippen LogP contribution in [0.4, 0.5) is 11.4 Å². The molecule has 4 aromatic carbocycles. The Bertz CT molecular complexity index is 1370. The van der Waals surface area contributed by atoms with Crippen molar-refractivity contribution in [2.45, 2.75) is 55.4 Å². The molecule has 0 N–H and O–H groups in total. The Kier molecular flexibility index (Phi) is 6.33. The molecule has 1 heterocycles. The van der Waals surface area contributed by atoms with Crippen molar-refractivity contribution in [2.75, 3.05) is 0 Å². The van der Waals surface area contributed by atoms with E-state index in [1.54, 1.807) is 0 Å². The van der Waals surface area contributed by atoms with Gasteiger partial charge in [-0.15, -0.1) is 0 Å². The fraction of sp³-hybridized carbons (Fsp3) is 0.242. The van der Waals surface area contributed by atoms with Crippen molar-refractivity contribution in [1.82, 2.24) is 14.8 Å². The Labute approximate surface area is 226 Å². The average Bonchev–Trinajstić information content (AvgIpc) is 3.38. The lowest BCUT2D eigenvalue weighted by Gasteiger charge is -2.27. The summed E-state index contributed by atoms with van der Waals surface area (Å²) in [6, 6.07) is 24.4. The van der Waals surface area contributed by atoms with Gasteiger partial charge in [0.15, 0.2) is 0 Å². The summed E-state index contributed by atoms with van der Waals surface area (Å²) in [5.74, 6) is 0. The van der Waals surface area contributed by atoms with Crippen molar-refractivity contribution in [3.8, 4) is 0 Å². The molecule has 1 aliphatic heterocycles. The van der Waals surface area contributed by atoms with Gasteiger partial charge in [0.05, 0.1) is 0 Å². The SMILES string of the molecule is Cc1cc(C)c(C)c([N+]2([O-])N([C](c3ccccc3)c3ccccc3)[N+]2([O-])c2c(C)c(C)cc(C)c2C)c1C. The molecule has 0 saturated carbocycles. The molecule has 1 radical (unpaired) electrons. The maximum absolute atomic E-state index is 15.6. The third-order valence-electron chi connectivity index (χ3n) is 8.38. The quantitative estimate of drug-likeness (QED) is 0.156. The second-order valence-electron chi connectivity index (χ2n) is 10.7. The molecular weight excluding hydrogens is 470 g/mol. The third-order valence-corrected chi connectivity index (χ3v) is 8.38. The normalized spacial score (nSPS) is 22.7. The Morgan fingerprint density at radius 3 is 1.08 bits per heavy atom. The smallest absolute Gasteiger partial charge is 0.223 e. The zero-order valence-electron chi connectivity index (χ0n) is 23.6. The topological polar surface area (TPSA) is 49.1 Å². The van der Waals surface area contributed by atoms with Crippen LogP contribution in [-0.2, 0) is 0 Å². The van der Waals surface area contributed by atoms with Crippen LogP contribution in [-0.4, -0.2) is 5.12 Å². The number of aryl methyl sites for hydroxylation is 4. The summed E-state index contributed by atoms with van der Waals surface area (Å²) in [7, 11) is 0. The Morgan fingerprint density at radius 2 is 0.789 bits per heavy atom. The lowest BCUT2D eigenvalue weighted by molar-refractivity contribution is 0.397. The van der Waals surface area contributed by atoms with Gasteiger partial charge in [0.2, 0.25) is 17.4 Å². The number of hydrogen-bond acceptors (Lipinski definition) is 3. The van der Waals surface area contributed by atoms with Crippen LogP contribution in [0.3, 0.4) is 0 Å². The van der Waals surface area contributed by atoms with Gasteiger partial charge in [-0.05, 0) is 98.5 Å². The van der Waals surface area contributed by atoms with Gasteiger partial charge < -0.3 is 10.4 Å². The molecule has 38 heavy (non-hydrogen) atoms. The molecule has 2 atom stereocenters. The molecule has 0 spiro atoms. The Hall–Kier alpha value is -3.32. The molecule has 5 heteroatoms. The first-order valence-corrected chi connectivity index (χ1v) is 13.1. The Balaban J connectivity index is 1.90. The van der Waals surface area contributed by atoms with Crippen molar-refractivity contribution in [3.05, 3.63) is 145 Å². The summed E-state index contributed by atoms with van der Waals surface area (Å²) in [6.45, 7) is 15.9. The van der Waals surface area contributed by atoms with Gasteiger partial charge in [0.25, 0.3) is 0 Å². The van der Waals surface area contributed by atoms with E-state index in [0.29, 0.717) is 17.4 Å². The van der Waals surface area contributed by atoms with E-state index >= 15 is 10.4 Å². The monoisotopic (exact) mass is 506 g/mol. The molecule has 0 aromatic heterocycles. The van der Waals surface area contributed by atoms with Crippen LogP contribution >= 0.6 is 0 Å². The highest BCUT2D eigenvalue weighted by molar-refractivity contribution is 5.73. The molecule has 1 fully saturated rings. The summed E-state index contributed by atoms with van der Waals surface area (Å²) < 4.78 is 0. The van der Waals surface area contributed by atoms with Crippen molar-refractivity contribution in [3.63, 3.8) is 0 Å². The van der Waals surface area contributed by atoms with Crippen LogP contribution < -0.4 is 9.73 Å². The summed E-state index contributed by atoms with van der Waals surface area (Å²) in [6.07, 6.45) is 0. The van der Waals surface area contributed by atoms with Crippen molar-refractivity contribution in [2.24, 2.45) is 0 Å². The first-order valence-electron chi connectivity index (χ1n) is 13.1. The number of quaternary nitrogens is 2. The van der Waals surface area contributed by atoms with Crippen molar-refractivity contribution in [1.29, 1.82) is 0 Å². The molecule has 1 saturated heterocycles. The van der Waals surface area contributed by atoms with E-state index < -0.39 is 9.73 Å². The Morgan fingerprint density at radius 1 is 0.500 bits per heavy atom. The van der Waals surface area contributed by atoms with E-state index in [0.717, 1.165) is 55.6 Å². The minimum Gasteiger partial charge on any atom is -0.549 e. The standard InChI is InChI=1S/C33H36N3O2/c1-21-19-22(2)26(6)32(25(21)5)35(37)34(36(35,38)33-27(7)23(3)20-24(4)28(33)8)31(29-15-11-9-12-16-29)30-17-13-10-14-18-30/h9-20H,1-8H3.